The molecule has 1 rings (SSSR count). The molecule has 0 atom stereocenters. The average molecular weight is 295 g/mol. The van der Waals surface area contributed by atoms with Gasteiger partial charge in [-0.3, -0.25) is 9.59 Å². The van der Waals surface area contributed by atoms with Crippen LogP contribution in [0.15, 0.2) is 18.2 Å². The summed E-state index contributed by atoms with van der Waals surface area (Å²) in [7, 11) is 0. The summed E-state index contributed by atoms with van der Waals surface area (Å²) in [6, 6.07) is 4.06. The summed E-state index contributed by atoms with van der Waals surface area (Å²) < 4.78 is 13.6. The van der Waals surface area contributed by atoms with Crippen LogP contribution in [-0.4, -0.2) is 18.4 Å². The minimum Gasteiger partial charge on any atom is -0.330 e. The summed E-state index contributed by atoms with van der Waals surface area (Å²) in [4.78, 5) is 22.7. The second-order valence-corrected chi connectivity index (χ2v) is 4.88. The highest BCUT2D eigenvalue weighted by molar-refractivity contribution is 5.93. The molecule has 1 aromatic rings. The van der Waals surface area contributed by atoms with Crippen LogP contribution in [0, 0.1) is 5.82 Å². The smallest absolute Gasteiger partial charge is 0.224 e. The van der Waals surface area contributed by atoms with Gasteiger partial charge in [-0.15, -0.1) is 0 Å². The predicted octanol–water partition coefficient (Wildman–Crippen LogP) is 2.63. The van der Waals surface area contributed by atoms with Crippen molar-refractivity contribution in [3.05, 3.63) is 24.0 Å². The molecule has 0 fully saturated rings. The second kappa shape index (κ2) is 9.07. The first-order chi connectivity index (χ1) is 10.0. The maximum atomic E-state index is 13.6. The van der Waals surface area contributed by atoms with Gasteiger partial charge in [-0.1, -0.05) is 12.8 Å². The number of hydrogen-bond donors (Lipinski definition) is 3. The third-order valence-corrected chi connectivity index (χ3v) is 2.92. The summed E-state index contributed by atoms with van der Waals surface area (Å²) in [5.41, 5.74) is 5.91. The topological polar surface area (TPSA) is 84.2 Å². The Kier molecular flexibility index (Phi) is 7.39. The molecule has 116 valence electrons. The molecule has 4 N–H and O–H groups in total. The number of amides is 2. The monoisotopic (exact) mass is 295 g/mol. The van der Waals surface area contributed by atoms with Gasteiger partial charge < -0.3 is 16.4 Å². The molecule has 0 bridgehead atoms. The first-order valence-corrected chi connectivity index (χ1v) is 7.10. The molecule has 6 heteroatoms. The number of carbonyl (C=O) groups excluding carboxylic acids is 2. The number of benzene rings is 1. The van der Waals surface area contributed by atoms with Gasteiger partial charge in [-0.05, 0) is 37.6 Å². The lowest BCUT2D eigenvalue weighted by Gasteiger charge is -2.09. The van der Waals surface area contributed by atoms with Crippen molar-refractivity contribution in [1.29, 1.82) is 0 Å². The normalized spacial score (nSPS) is 10.2. The van der Waals surface area contributed by atoms with Crippen molar-refractivity contribution in [3.8, 4) is 0 Å². The van der Waals surface area contributed by atoms with E-state index in [1.165, 1.54) is 25.1 Å². The first kappa shape index (κ1) is 17.1. The minimum atomic E-state index is -0.527. The van der Waals surface area contributed by atoms with Crippen LogP contribution in [0.5, 0.6) is 0 Å². The lowest BCUT2D eigenvalue weighted by Crippen LogP contribution is -2.13. The molecule has 0 spiro atoms. The van der Waals surface area contributed by atoms with Crippen molar-refractivity contribution in [1.82, 2.24) is 0 Å². The van der Waals surface area contributed by atoms with Crippen LogP contribution in [0.25, 0.3) is 0 Å². The Morgan fingerprint density at radius 2 is 1.86 bits per heavy atom. The van der Waals surface area contributed by atoms with Crippen molar-refractivity contribution in [3.63, 3.8) is 0 Å². The zero-order valence-corrected chi connectivity index (χ0v) is 12.2. The van der Waals surface area contributed by atoms with E-state index in [4.69, 9.17) is 5.73 Å². The number of anilines is 2. The number of hydrogen-bond acceptors (Lipinski definition) is 3. The summed E-state index contributed by atoms with van der Waals surface area (Å²) in [6.07, 6.45) is 3.97. The highest BCUT2D eigenvalue weighted by atomic mass is 19.1. The number of rotatable bonds is 8. The van der Waals surface area contributed by atoms with Gasteiger partial charge in [0.05, 0.1) is 5.69 Å². The molecule has 0 aliphatic rings. The average Bonchev–Trinajstić information content (AvgIpc) is 2.42. The lowest BCUT2D eigenvalue weighted by atomic mass is 10.1. The van der Waals surface area contributed by atoms with Crippen LogP contribution < -0.4 is 16.4 Å². The molecule has 5 nitrogen and oxygen atoms in total. The van der Waals surface area contributed by atoms with E-state index in [0.29, 0.717) is 18.7 Å². The van der Waals surface area contributed by atoms with Crippen LogP contribution in [0.3, 0.4) is 0 Å². The van der Waals surface area contributed by atoms with E-state index >= 15 is 0 Å². The van der Waals surface area contributed by atoms with E-state index < -0.39 is 5.82 Å². The maximum absolute atomic E-state index is 13.6. The van der Waals surface area contributed by atoms with Gasteiger partial charge in [-0.2, -0.15) is 0 Å². The molecule has 0 radical (unpaired) electrons. The summed E-state index contributed by atoms with van der Waals surface area (Å²) >= 11 is 0. The van der Waals surface area contributed by atoms with E-state index in [2.05, 4.69) is 10.6 Å². The quantitative estimate of drug-likeness (QED) is 0.645. The van der Waals surface area contributed by atoms with E-state index in [9.17, 15) is 14.0 Å². The standard InChI is InChI=1S/C15H22FN3O2/c1-11(20)18-12-7-8-13(16)14(10-12)19-15(21)6-4-2-3-5-9-17/h7-8,10H,2-6,9,17H2,1H3,(H,18,20)(H,19,21). The van der Waals surface area contributed by atoms with Gasteiger partial charge in [0.1, 0.15) is 5.82 Å². The third-order valence-electron chi connectivity index (χ3n) is 2.92. The van der Waals surface area contributed by atoms with Crippen LogP contribution in [0.4, 0.5) is 15.8 Å². The number of carbonyl (C=O) groups is 2. The third kappa shape index (κ3) is 6.85. The first-order valence-electron chi connectivity index (χ1n) is 7.10. The highest BCUT2D eigenvalue weighted by Gasteiger charge is 2.08. The molecule has 0 aliphatic carbocycles. The maximum Gasteiger partial charge on any atom is 0.224 e. The number of nitrogens with two attached hydrogens (primary N) is 1. The molecule has 0 unspecified atom stereocenters. The molecule has 0 heterocycles. The molecular weight excluding hydrogens is 273 g/mol. The van der Waals surface area contributed by atoms with Gasteiger partial charge in [0.2, 0.25) is 11.8 Å². The largest absolute Gasteiger partial charge is 0.330 e. The van der Waals surface area contributed by atoms with Gasteiger partial charge in [0.25, 0.3) is 0 Å². The SMILES string of the molecule is CC(=O)Nc1ccc(F)c(NC(=O)CCCCCCN)c1. The Morgan fingerprint density at radius 3 is 2.52 bits per heavy atom. The molecule has 0 saturated heterocycles. The molecule has 0 aromatic heterocycles. The Morgan fingerprint density at radius 1 is 1.14 bits per heavy atom. The van der Waals surface area contributed by atoms with Crippen LogP contribution in [0.1, 0.15) is 39.0 Å². The van der Waals surface area contributed by atoms with Crippen molar-refractivity contribution >= 4 is 23.2 Å². The molecule has 21 heavy (non-hydrogen) atoms. The van der Waals surface area contributed by atoms with Gasteiger partial charge in [0.15, 0.2) is 0 Å². The van der Waals surface area contributed by atoms with Crippen molar-refractivity contribution < 1.29 is 14.0 Å². The summed E-state index contributed by atoms with van der Waals surface area (Å²) in [5.74, 6) is -1.01. The molecule has 0 aliphatic heterocycles. The summed E-state index contributed by atoms with van der Waals surface area (Å²) in [5, 5.41) is 5.07. The zero-order chi connectivity index (χ0) is 15.7. The Hall–Kier alpha value is -1.95. The number of halogens is 1. The minimum absolute atomic E-state index is 0.0770. The Balaban J connectivity index is 2.49. The van der Waals surface area contributed by atoms with Gasteiger partial charge in [0, 0.05) is 19.0 Å². The van der Waals surface area contributed by atoms with Crippen molar-refractivity contribution in [2.45, 2.75) is 39.0 Å². The fraction of sp³-hybridized carbons (Fsp3) is 0.467. The lowest BCUT2D eigenvalue weighted by molar-refractivity contribution is -0.116. The van der Waals surface area contributed by atoms with E-state index in [-0.39, 0.29) is 17.5 Å². The molecular formula is C15H22FN3O2. The molecule has 1 aromatic carbocycles. The van der Waals surface area contributed by atoms with Crippen LogP contribution >= 0.6 is 0 Å². The van der Waals surface area contributed by atoms with Gasteiger partial charge in [-0.25, -0.2) is 4.39 Å². The Labute approximate surface area is 124 Å². The van der Waals surface area contributed by atoms with E-state index in [1.54, 1.807) is 0 Å². The van der Waals surface area contributed by atoms with E-state index in [1.807, 2.05) is 0 Å². The molecule has 0 saturated carbocycles. The zero-order valence-electron chi connectivity index (χ0n) is 12.2. The highest BCUT2D eigenvalue weighted by Crippen LogP contribution is 2.20. The second-order valence-electron chi connectivity index (χ2n) is 4.88. The van der Waals surface area contributed by atoms with Crippen molar-refractivity contribution in [2.24, 2.45) is 5.73 Å². The van der Waals surface area contributed by atoms with Gasteiger partial charge >= 0.3 is 0 Å². The fourth-order valence-corrected chi connectivity index (χ4v) is 1.90. The molecule has 2 amide bonds. The summed E-state index contributed by atoms with van der Waals surface area (Å²) in [6.45, 7) is 2.02. The fourth-order valence-electron chi connectivity index (χ4n) is 1.90. The number of nitrogens with one attached hydrogen (secondary N) is 2. The number of unbranched alkanes of at least 4 members (excludes halogenated alkanes) is 3. The van der Waals surface area contributed by atoms with Crippen LogP contribution in [0.2, 0.25) is 0 Å². The van der Waals surface area contributed by atoms with Crippen LogP contribution in [-0.2, 0) is 9.59 Å². The Bertz CT molecular complexity index is 492. The van der Waals surface area contributed by atoms with Crippen molar-refractivity contribution in [2.75, 3.05) is 17.2 Å². The predicted molar refractivity (Wildman–Crippen MR) is 81.5 cm³/mol. The van der Waals surface area contributed by atoms with E-state index in [0.717, 1.165) is 25.7 Å².